The van der Waals surface area contributed by atoms with Crippen LogP contribution in [0.3, 0.4) is 0 Å². The van der Waals surface area contributed by atoms with E-state index in [4.69, 9.17) is 9.15 Å². The Morgan fingerprint density at radius 2 is 2.16 bits per heavy atom. The number of nitrogens with zero attached hydrogens (tertiary/aromatic N) is 1. The van der Waals surface area contributed by atoms with Gasteiger partial charge < -0.3 is 19.2 Å². The lowest BCUT2D eigenvalue weighted by Gasteiger charge is -2.20. The lowest BCUT2D eigenvalue weighted by molar-refractivity contribution is -0.141. The van der Waals surface area contributed by atoms with Gasteiger partial charge in [0.15, 0.2) is 5.76 Å². The fourth-order valence-corrected chi connectivity index (χ4v) is 2.41. The highest BCUT2D eigenvalue weighted by atomic mass is 16.5. The number of carbonyl (C=O) groups is 2. The number of ether oxygens (including phenoxy) is 1. The van der Waals surface area contributed by atoms with Crippen molar-refractivity contribution >= 4 is 11.9 Å². The van der Waals surface area contributed by atoms with Crippen LogP contribution in [0.4, 0.5) is 0 Å². The van der Waals surface area contributed by atoms with Crippen LogP contribution in [-0.4, -0.2) is 47.7 Å². The minimum atomic E-state index is -1.02. The number of rotatable bonds is 3. The molecule has 1 aliphatic rings. The quantitative estimate of drug-likeness (QED) is 0.890. The lowest BCUT2D eigenvalue weighted by atomic mass is 10.2. The van der Waals surface area contributed by atoms with E-state index in [1.165, 1.54) is 12.0 Å². The minimum Gasteiger partial charge on any atom is -0.480 e. The van der Waals surface area contributed by atoms with Gasteiger partial charge >= 0.3 is 5.97 Å². The third-order valence-corrected chi connectivity index (χ3v) is 3.38. The fourth-order valence-electron chi connectivity index (χ4n) is 2.41. The van der Waals surface area contributed by atoms with Crippen LogP contribution in [0.2, 0.25) is 0 Å². The number of carboxylic acids is 1. The molecule has 1 N–H and O–H groups in total. The van der Waals surface area contributed by atoms with Crippen molar-refractivity contribution in [1.82, 2.24) is 4.90 Å². The normalized spacial score (nSPS) is 22.8. The summed E-state index contributed by atoms with van der Waals surface area (Å²) in [7, 11) is 1.51. The van der Waals surface area contributed by atoms with Gasteiger partial charge in [-0.25, -0.2) is 4.79 Å². The predicted octanol–water partition coefficient (Wildman–Crippen LogP) is 1.21. The molecule has 1 amide bonds. The number of hydrogen-bond acceptors (Lipinski definition) is 4. The number of amides is 1. The van der Waals surface area contributed by atoms with Crippen molar-refractivity contribution in [2.45, 2.75) is 32.4 Å². The van der Waals surface area contributed by atoms with E-state index in [2.05, 4.69) is 0 Å². The Kier molecular flexibility index (Phi) is 3.61. The van der Waals surface area contributed by atoms with Gasteiger partial charge in [-0.05, 0) is 19.9 Å². The van der Waals surface area contributed by atoms with Gasteiger partial charge in [0.05, 0.1) is 6.10 Å². The summed E-state index contributed by atoms with van der Waals surface area (Å²) < 4.78 is 10.5. The summed E-state index contributed by atoms with van der Waals surface area (Å²) >= 11 is 0. The average Bonchev–Trinajstić information content (AvgIpc) is 2.91. The van der Waals surface area contributed by atoms with E-state index in [1.54, 1.807) is 19.9 Å². The summed E-state index contributed by atoms with van der Waals surface area (Å²) in [5.74, 6) is -0.568. The summed E-state index contributed by atoms with van der Waals surface area (Å²) in [4.78, 5) is 24.9. The third kappa shape index (κ3) is 2.49. The number of methoxy groups -OCH3 is 1. The Morgan fingerprint density at radius 1 is 1.47 bits per heavy atom. The molecule has 104 valence electrons. The van der Waals surface area contributed by atoms with Gasteiger partial charge in [-0.2, -0.15) is 0 Å². The number of carboxylic acid groups (broad SMARTS) is 1. The fraction of sp³-hybridized carbons (Fsp3) is 0.538. The molecular weight excluding hydrogens is 250 g/mol. The first kappa shape index (κ1) is 13.6. The van der Waals surface area contributed by atoms with Crippen LogP contribution < -0.4 is 0 Å². The molecule has 0 spiro atoms. The Labute approximate surface area is 110 Å². The molecule has 2 rings (SSSR count). The summed E-state index contributed by atoms with van der Waals surface area (Å²) in [6, 6.07) is 0.898. The second kappa shape index (κ2) is 5.05. The molecule has 2 atom stereocenters. The molecule has 6 nitrogen and oxygen atoms in total. The molecule has 1 aliphatic heterocycles. The van der Waals surface area contributed by atoms with Crippen LogP contribution in [-0.2, 0) is 9.53 Å². The van der Waals surface area contributed by atoms with E-state index >= 15 is 0 Å². The van der Waals surface area contributed by atoms with Gasteiger partial charge in [-0.1, -0.05) is 0 Å². The van der Waals surface area contributed by atoms with E-state index in [0.717, 1.165) is 0 Å². The Bertz CT molecular complexity index is 507. The summed E-state index contributed by atoms with van der Waals surface area (Å²) in [5, 5.41) is 9.19. The van der Waals surface area contributed by atoms with Crippen molar-refractivity contribution in [2.75, 3.05) is 13.7 Å². The number of furan rings is 1. The Hall–Kier alpha value is -1.82. The molecule has 0 aromatic carbocycles. The first-order chi connectivity index (χ1) is 8.93. The summed E-state index contributed by atoms with van der Waals surface area (Å²) in [6.45, 7) is 3.79. The zero-order valence-corrected chi connectivity index (χ0v) is 11.2. The molecule has 1 fully saturated rings. The van der Waals surface area contributed by atoms with Crippen LogP contribution in [0.5, 0.6) is 0 Å². The number of carbonyl (C=O) groups excluding carboxylic acids is 1. The number of hydrogen-bond donors (Lipinski definition) is 1. The van der Waals surface area contributed by atoms with E-state index in [9.17, 15) is 14.7 Å². The SMILES string of the molecule is COC1CC(C(=O)O)N(C(=O)c2oc(C)cc2C)C1. The lowest BCUT2D eigenvalue weighted by Crippen LogP contribution is -2.40. The zero-order valence-electron chi connectivity index (χ0n) is 11.2. The van der Waals surface area contributed by atoms with Crippen molar-refractivity contribution in [1.29, 1.82) is 0 Å². The molecule has 1 aromatic heterocycles. The van der Waals surface area contributed by atoms with Crippen molar-refractivity contribution in [3.8, 4) is 0 Å². The predicted molar refractivity (Wildman–Crippen MR) is 66.1 cm³/mol. The van der Waals surface area contributed by atoms with E-state index < -0.39 is 17.9 Å². The average molecular weight is 267 g/mol. The van der Waals surface area contributed by atoms with Gasteiger partial charge in [0.1, 0.15) is 11.8 Å². The highest BCUT2D eigenvalue weighted by molar-refractivity contribution is 5.96. The maximum absolute atomic E-state index is 12.4. The molecule has 19 heavy (non-hydrogen) atoms. The van der Waals surface area contributed by atoms with Crippen molar-refractivity contribution in [3.63, 3.8) is 0 Å². The highest BCUT2D eigenvalue weighted by Crippen LogP contribution is 2.25. The standard InChI is InChI=1S/C13H17NO5/c1-7-4-8(2)19-11(7)12(15)14-6-9(18-3)5-10(14)13(16)17/h4,9-10H,5-6H2,1-3H3,(H,16,17). The molecule has 1 saturated heterocycles. The highest BCUT2D eigenvalue weighted by Gasteiger charge is 2.41. The third-order valence-electron chi connectivity index (χ3n) is 3.38. The van der Waals surface area contributed by atoms with Gasteiger partial charge in [0.2, 0.25) is 0 Å². The van der Waals surface area contributed by atoms with Crippen LogP contribution in [0.1, 0.15) is 28.3 Å². The van der Waals surface area contributed by atoms with Crippen molar-refractivity contribution in [2.24, 2.45) is 0 Å². The number of likely N-dealkylation sites (tertiary alicyclic amines) is 1. The smallest absolute Gasteiger partial charge is 0.326 e. The Balaban J connectivity index is 2.26. The molecule has 0 bridgehead atoms. The van der Waals surface area contributed by atoms with Crippen LogP contribution in [0.25, 0.3) is 0 Å². The molecule has 2 heterocycles. The van der Waals surface area contributed by atoms with Crippen LogP contribution in [0.15, 0.2) is 10.5 Å². The first-order valence-corrected chi connectivity index (χ1v) is 6.07. The van der Waals surface area contributed by atoms with Crippen molar-refractivity contribution in [3.05, 3.63) is 23.2 Å². The topological polar surface area (TPSA) is 80.0 Å². The second-order valence-electron chi connectivity index (χ2n) is 4.77. The van der Waals surface area contributed by atoms with Gasteiger partial charge in [-0.15, -0.1) is 0 Å². The summed E-state index contributed by atoms with van der Waals surface area (Å²) in [5.41, 5.74) is 0.715. The largest absolute Gasteiger partial charge is 0.480 e. The Morgan fingerprint density at radius 3 is 2.63 bits per heavy atom. The minimum absolute atomic E-state index is 0.209. The molecule has 0 saturated carbocycles. The molecule has 2 unspecified atom stereocenters. The van der Waals surface area contributed by atoms with E-state index in [1.807, 2.05) is 0 Å². The number of aliphatic carboxylic acids is 1. The molecular formula is C13H17NO5. The monoisotopic (exact) mass is 267 g/mol. The van der Waals surface area contributed by atoms with Crippen molar-refractivity contribution < 1.29 is 23.8 Å². The van der Waals surface area contributed by atoms with E-state index in [-0.39, 0.29) is 18.4 Å². The maximum atomic E-state index is 12.4. The van der Waals surface area contributed by atoms with E-state index in [0.29, 0.717) is 17.7 Å². The van der Waals surface area contributed by atoms with Crippen LogP contribution in [0, 0.1) is 13.8 Å². The molecule has 0 radical (unpaired) electrons. The maximum Gasteiger partial charge on any atom is 0.326 e. The molecule has 0 aliphatic carbocycles. The number of aryl methyl sites for hydroxylation is 2. The molecule has 6 heteroatoms. The van der Waals surface area contributed by atoms with Gasteiger partial charge in [0.25, 0.3) is 5.91 Å². The van der Waals surface area contributed by atoms with Gasteiger partial charge in [0, 0.05) is 25.6 Å². The summed E-state index contributed by atoms with van der Waals surface area (Å²) in [6.07, 6.45) is 0.0532. The van der Waals surface area contributed by atoms with Crippen LogP contribution >= 0.6 is 0 Å². The molecule has 1 aromatic rings. The van der Waals surface area contributed by atoms with Gasteiger partial charge in [-0.3, -0.25) is 4.79 Å². The second-order valence-corrected chi connectivity index (χ2v) is 4.77. The zero-order chi connectivity index (χ0) is 14.2. The first-order valence-electron chi connectivity index (χ1n) is 6.07.